The third-order valence-electron chi connectivity index (χ3n) is 5.06. The lowest BCUT2D eigenvalue weighted by atomic mass is 9.89. The van der Waals surface area contributed by atoms with Crippen molar-refractivity contribution in [2.75, 3.05) is 5.32 Å². The lowest BCUT2D eigenvalue weighted by molar-refractivity contribution is -0.120. The van der Waals surface area contributed by atoms with Crippen molar-refractivity contribution in [1.82, 2.24) is 9.78 Å². The molecule has 4 rings (SSSR count). The van der Waals surface area contributed by atoms with Crippen LogP contribution >= 0.6 is 11.6 Å². The number of para-hydroxylation sites is 1. The normalized spacial score (nSPS) is 14.9. The summed E-state index contributed by atoms with van der Waals surface area (Å²) in [5, 5.41) is 8.51. The zero-order valence-electron chi connectivity index (χ0n) is 15.1. The van der Waals surface area contributed by atoms with Crippen molar-refractivity contribution < 1.29 is 4.79 Å². The second kappa shape index (κ2) is 7.97. The molecule has 1 heterocycles. The van der Waals surface area contributed by atoms with E-state index in [1.54, 1.807) is 4.68 Å². The van der Waals surface area contributed by atoms with Gasteiger partial charge in [-0.2, -0.15) is 5.10 Å². The van der Waals surface area contributed by atoms with Crippen LogP contribution in [0.4, 0.5) is 5.82 Å². The molecule has 4 nitrogen and oxygen atoms in total. The summed E-state index contributed by atoms with van der Waals surface area (Å²) in [6, 6.07) is 19.3. The molecule has 1 aliphatic carbocycles. The van der Waals surface area contributed by atoms with E-state index in [0.29, 0.717) is 10.8 Å². The third kappa shape index (κ3) is 4.06. The number of nitrogens with zero attached hydrogens (tertiary/aromatic N) is 2. The van der Waals surface area contributed by atoms with Gasteiger partial charge in [-0.3, -0.25) is 4.79 Å². The third-order valence-corrected chi connectivity index (χ3v) is 5.29. The maximum absolute atomic E-state index is 12.8. The van der Waals surface area contributed by atoms with Crippen LogP contribution in [0.2, 0.25) is 5.02 Å². The van der Waals surface area contributed by atoms with Gasteiger partial charge in [0.25, 0.3) is 0 Å². The molecule has 138 valence electrons. The van der Waals surface area contributed by atoms with Gasteiger partial charge in [0.2, 0.25) is 5.91 Å². The average Bonchev–Trinajstić information content (AvgIpc) is 3.13. The molecule has 0 atom stereocenters. The van der Waals surface area contributed by atoms with Gasteiger partial charge in [0.15, 0.2) is 0 Å². The van der Waals surface area contributed by atoms with Crippen molar-refractivity contribution in [2.24, 2.45) is 5.92 Å². The predicted molar refractivity (Wildman–Crippen MR) is 109 cm³/mol. The number of anilines is 1. The van der Waals surface area contributed by atoms with Crippen LogP contribution in [0.1, 0.15) is 32.1 Å². The quantitative estimate of drug-likeness (QED) is 0.630. The fourth-order valence-corrected chi connectivity index (χ4v) is 3.81. The molecule has 1 N–H and O–H groups in total. The standard InChI is InChI=1S/C22H22ClN3O/c23-18-11-7-10-17(14-18)20-15-21(24-22(27)16-8-3-1-4-9-16)26(25-20)19-12-5-2-6-13-19/h2,5-7,10-16H,1,3-4,8-9H2,(H,24,27). The summed E-state index contributed by atoms with van der Waals surface area (Å²) in [6.45, 7) is 0. The summed E-state index contributed by atoms with van der Waals surface area (Å²) in [6.07, 6.45) is 5.41. The number of halogens is 1. The van der Waals surface area contributed by atoms with Gasteiger partial charge in [0.05, 0.1) is 11.4 Å². The summed E-state index contributed by atoms with van der Waals surface area (Å²) >= 11 is 6.14. The Balaban J connectivity index is 1.69. The molecule has 5 heteroatoms. The molecule has 0 unspecified atom stereocenters. The highest BCUT2D eigenvalue weighted by Gasteiger charge is 2.23. The Labute approximate surface area is 164 Å². The zero-order chi connectivity index (χ0) is 18.6. The van der Waals surface area contributed by atoms with Gasteiger partial charge in [-0.1, -0.05) is 61.2 Å². The molecule has 1 saturated carbocycles. The maximum Gasteiger partial charge on any atom is 0.228 e. The van der Waals surface area contributed by atoms with Crippen LogP contribution in [0.25, 0.3) is 16.9 Å². The fraction of sp³-hybridized carbons (Fsp3) is 0.273. The molecular weight excluding hydrogens is 358 g/mol. The van der Waals surface area contributed by atoms with Gasteiger partial charge in [-0.25, -0.2) is 4.68 Å². The summed E-state index contributed by atoms with van der Waals surface area (Å²) in [7, 11) is 0. The van der Waals surface area contributed by atoms with E-state index in [-0.39, 0.29) is 11.8 Å². The van der Waals surface area contributed by atoms with Crippen molar-refractivity contribution in [2.45, 2.75) is 32.1 Å². The van der Waals surface area contributed by atoms with Crippen molar-refractivity contribution in [1.29, 1.82) is 0 Å². The molecule has 0 spiro atoms. The SMILES string of the molecule is O=C(Nc1cc(-c2cccc(Cl)c2)nn1-c1ccccc1)C1CCCCC1. The van der Waals surface area contributed by atoms with Crippen molar-refractivity contribution in [3.05, 3.63) is 65.7 Å². The minimum Gasteiger partial charge on any atom is -0.310 e. The number of nitrogens with one attached hydrogen (secondary N) is 1. The Bertz CT molecular complexity index is 930. The molecule has 0 aliphatic heterocycles. The molecule has 3 aromatic rings. The van der Waals surface area contributed by atoms with Gasteiger partial charge >= 0.3 is 0 Å². The van der Waals surface area contributed by atoms with E-state index in [0.717, 1.165) is 42.6 Å². The van der Waals surface area contributed by atoms with Crippen LogP contribution in [0.15, 0.2) is 60.7 Å². The second-order valence-electron chi connectivity index (χ2n) is 7.00. The molecular formula is C22H22ClN3O. The Morgan fingerprint density at radius 2 is 1.78 bits per heavy atom. The predicted octanol–water partition coefficient (Wildman–Crippen LogP) is 5.71. The van der Waals surface area contributed by atoms with E-state index in [1.165, 1.54) is 6.42 Å². The Kier molecular flexibility index (Phi) is 5.26. The minimum atomic E-state index is 0.0874. The first-order valence-corrected chi connectivity index (χ1v) is 9.81. The molecule has 27 heavy (non-hydrogen) atoms. The first-order valence-electron chi connectivity index (χ1n) is 9.43. The minimum absolute atomic E-state index is 0.0874. The zero-order valence-corrected chi connectivity index (χ0v) is 15.8. The number of benzene rings is 2. The van der Waals surface area contributed by atoms with E-state index >= 15 is 0 Å². The van der Waals surface area contributed by atoms with Crippen LogP contribution in [0.5, 0.6) is 0 Å². The van der Waals surface area contributed by atoms with Crippen molar-refractivity contribution in [3.63, 3.8) is 0 Å². The van der Waals surface area contributed by atoms with Gasteiger partial charge in [0, 0.05) is 22.6 Å². The van der Waals surface area contributed by atoms with Crippen LogP contribution in [-0.2, 0) is 4.79 Å². The first-order chi connectivity index (χ1) is 13.2. The van der Waals surface area contributed by atoms with E-state index in [2.05, 4.69) is 5.32 Å². The van der Waals surface area contributed by atoms with Crippen LogP contribution in [0, 0.1) is 5.92 Å². The molecule has 0 saturated heterocycles. The summed E-state index contributed by atoms with van der Waals surface area (Å²) in [5.74, 6) is 0.865. The van der Waals surface area contributed by atoms with E-state index < -0.39 is 0 Å². The molecule has 1 aromatic heterocycles. The van der Waals surface area contributed by atoms with Gasteiger partial charge in [-0.15, -0.1) is 0 Å². The maximum atomic E-state index is 12.8. The lowest BCUT2D eigenvalue weighted by Crippen LogP contribution is -2.25. The lowest BCUT2D eigenvalue weighted by Gasteiger charge is -2.20. The number of aromatic nitrogens is 2. The van der Waals surface area contributed by atoms with Crippen LogP contribution in [0.3, 0.4) is 0 Å². The summed E-state index contributed by atoms with van der Waals surface area (Å²) in [5.41, 5.74) is 2.61. The number of hydrogen-bond acceptors (Lipinski definition) is 2. The van der Waals surface area contributed by atoms with Crippen LogP contribution in [-0.4, -0.2) is 15.7 Å². The smallest absolute Gasteiger partial charge is 0.228 e. The molecule has 1 fully saturated rings. The van der Waals surface area contributed by atoms with Crippen molar-refractivity contribution in [3.8, 4) is 16.9 Å². The van der Waals surface area contributed by atoms with Crippen LogP contribution < -0.4 is 5.32 Å². The number of carbonyl (C=O) groups is 1. The monoisotopic (exact) mass is 379 g/mol. The fourth-order valence-electron chi connectivity index (χ4n) is 3.62. The Morgan fingerprint density at radius 3 is 2.52 bits per heavy atom. The number of carbonyl (C=O) groups excluding carboxylic acids is 1. The highest BCUT2D eigenvalue weighted by molar-refractivity contribution is 6.30. The second-order valence-corrected chi connectivity index (χ2v) is 7.43. The molecule has 0 bridgehead atoms. The highest BCUT2D eigenvalue weighted by Crippen LogP contribution is 2.29. The number of hydrogen-bond donors (Lipinski definition) is 1. The van der Waals surface area contributed by atoms with Crippen molar-refractivity contribution >= 4 is 23.3 Å². The van der Waals surface area contributed by atoms with E-state index in [9.17, 15) is 4.79 Å². The topological polar surface area (TPSA) is 46.9 Å². The summed E-state index contributed by atoms with van der Waals surface area (Å²) < 4.78 is 1.79. The first kappa shape index (κ1) is 17.8. The number of amides is 1. The molecule has 0 radical (unpaired) electrons. The summed E-state index contributed by atoms with van der Waals surface area (Å²) in [4.78, 5) is 12.8. The van der Waals surface area contributed by atoms with E-state index in [4.69, 9.17) is 16.7 Å². The largest absolute Gasteiger partial charge is 0.310 e. The van der Waals surface area contributed by atoms with E-state index in [1.807, 2.05) is 60.7 Å². The average molecular weight is 380 g/mol. The number of rotatable bonds is 4. The Morgan fingerprint density at radius 1 is 1.00 bits per heavy atom. The van der Waals surface area contributed by atoms with Gasteiger partial charge in [0.1, 0.15) is 5.82 Å². The molecule has 2 aromatic carbocycles. The Hall–Kier alpha value is -2.59. The molecule has 1 amide bonds. The van der Waals surface area contributed by atoms with Gasteiger partial charge < -0.3 is 5.32 Å². The highest BCUT2D eigenvalue weighted by atomic mass is 35.5. The van der Waals surface area contributed by atoms with Gasteiger partial charge in [-0.05, 0) is 37.1 Å². The molecule has 1 aliphatic rings.